The van der Waals surface area contributed by atoms with Crippen molar-refractivity contribution >= 4 is 34.4 Å². The number of fused-ring (bicyclic) bond motifs is 1. The highest BCUT2D eigenvalue weighted by Crippen LogP contribution is 2.21. The summed E-state index contributed by atoms with van der Waals surface area (Å²) in [6.45, 7) is 2.90. The first-order chi connectivity index (χ1) is 18.0. The number of carbonyl (C=O) groups is 3. The fourth-order valence-electron chi connectivity index (χ4n) is 4.19. The molecule has 4 rings (SSSR count). The number of nitrogens with zero attached hydrogens (tertiary/aromatic N) is 2. The molecular weight excluding hydrogens is 501 g/mol. The number of aromatic amines is 1. The van der Waals surface area contributed by atoms with Crippen LogP contribution in [0.3, 0.4) is 0 Å². The molecule has 2 amide bonds. The number of para-hydroxylation sites is 1. The number of carboxylic acid groups (broad SMARTS) is 1. The SMILES string of the molecule is CN1CCC(CCNC(=O)CN(C(=O)c2ccc3cc[nH]c3c2)c2ccccc2)CC1.O=C(O)C(F)(F)F. The predicted molar refractivity (Wildman–Crippen MR) is 138 cm³/mol. The highest BCUT2D eigenvalue weighted by molar-refractivity contribution is 6.10. The van der Waals surface area contributed by atoms with Crippen LogP contribution in [-0.4, -0.2) is 72.2 Å². The zero-order valence-electron chi connectivity index (χ0n) is 21.0. The summed E-state index contributed by atoms with van der Waals surface area (Å²) in [5.74, 6) is -2.41. The maximum absolute atomic E-state index is 13.3. The Morgan fingerprint density at radius 3 is 2.37 bits per heavy atom. The molecule has 1 fully saturated rings. The molecule has 1 aliphatic heterocycles. The zero-order valence-corrected chi connectivity index (χ0v) is 21.0. The number of alkyl halides is 3. The number of hydrogen-bond donors (Lipinski definition) is 3. The highest BCUT2D eigenvalue weighted by atomic mass is 19.4. The van der Waals surface area contributed by atoms with Gasteiger partial charge in [0.15, 0.2) is 0 Å². The number of carboxylic acids is 1. The molecule has 1 aliphatic rings. The lowest BCUT2D eigenvalue weighted by Gasteiger charge is -2.29. The number of likely N-dealkylation sites (tertiary alicyclic amines) is 1. The van der Waals surface area contributed by atoms with Crippen LogP contribution >= 0.6 is 0 Å². The van der Waals surface area contributed by atoms with E-state index in [1.807, 2.05) is 60.8 Å². The average molecular weight is 533 g/mol. The van der Waals surface area contributed by atoms with Gasteiger partial charge in [0.25, 0.3) is 5.91 Å². The van der Waals surface area contributed by atoms with Crippen molar-refractivity contribution in [2.45, 2.75) is 25.4 Å². The largest absolute Gasteiger partial charge is 0.490 e. The number of rotatable bonds is 7. The summed E-state index contributed by atoms with van der Waals surface area (Å²) in [5.41, 5.74) is 2.17. The Morgan fingerprint density at radius 2 is 1.74 bits per heavy atom. The Hall–Kier alpha value is -3.86. The number of hydrogen-bond acceptors (Lipinski definition) is 4. The standard InChI is InChI=1S/C25H30N4O2.C2HF3O2/c1-28-15-11-19(12-16-28)9-13-27-24(30)18-29(22-5-3-2-4-6-22)25(31)21-8-7-20-10-14-26-23(20)17-21;3-2(4,5)1(6)7/h2-8,10,14,17,19,26H,9,11-13,15-16,18H2,1H3,(H,27,30);(H,6,7). The molecule has 0 radical (unpaired) electrons. The van der Waals surface area contributed by atoms with Gasteiger partial charge >= 0.3 is 12.1 Å². The Morgan fingerprint density at radius 1 is 1.08 bits per heavy atom. The van der Waals surface area contributed by atoms with E-state index in [4.69, 9.17) is 9.90 Å². The molecule has 0 aliphatic carbocycles. The second kappa shape index (κ2) is 13.1. The van der Waals surface area contributed by atoms with Gasteiger partial charge in [0.1, 0.15) is 6.54 Å². The Labute approximate surface area is 218 Å². The van der Waals surface area contributed by atoms with Gasteiger partial charge in [-0.1, -0.05) is 24.3 Å². The number of amides is 2. The number of aliphatic carboxylic acids is 1. The van der Waals surface area contributed by atoms with E-state index in [2.05, 4.69) is 22.2 Å². The molecule has 11 heteroatoms. The summed E-state index contributed by atoms with van der Waals surface area (Å²) >= 11 is 0. The fourth-order valence-corrected chi connectivity index (χ4v) is 4.19. The van der Waals surface area contributed by atoms with Gasteiger partial charge < -0.3 is 20.3 Å². The van der Waals surface area contributed by atoms with E-state index in [1.165, 1.54) is 12.8 Å². The van der Waals surface area contributed by atoms with Crippen LogP contribution in [0.1, 0.15) is 29.6 Å². The van der Waals surface area contributed by atoms with Crippen molar-refractivity contribution in [2.24, 2.45) is 5.92 Å². The van der Waals surface area contributed by atoms with Crippen LogP contribution in [0.4, 0.5) is 18.9 Å². The molecule has 0 saturated carbocycles. The third kappa shape index (κ3) is 8.34. The van der Waals surface area contributed by atoms with Crippen LogP contribution in [0.15, 0.2) is 60.8 Å². The maximum atomic E-state index is 13.3. The lowest BCUT2D eigenvalue weighted by atomic mass is 9.94. The number of piperidine rings is 1. The van der Waals surface area contributed by atoms with Crippen molar-refractivity contribution < 1.29 is 32.7 Å². The van der Waals surface area contributed by atoms with Crippen molar-refractivity contribution in [3.05, 3.63) is 66.4 Å². The quantitative estimate of drug-likeness (QED) is 0.421. The Kier molecular flexibility index (Phi) is 9.89. The third-order valence-electron chi connectivity index (χ3n) is 6.37. The van der Waals surface area contributed by atoms with Gasteiger partial charge in [-0.3, -0.25) is 14.5 Å². The molecular formula is C27H31F3N4O4. The Balaban J connectivity index is 0.000000505. The summed E-state index contributed by atoms with van der Waals surface area (Å²) in [4.78, 5) is 42.0. The third-order valence-corrected chi connectivity index (χ3v) is 6.37. The second-order valence-corrected chi connectivity index (χ2v) is 9.19. The molecule has 0 spiro atoms. The van der Waals surface area contributed by atoms with E-state index in [0.717, 1.165) is 30.4 Å². The van der Waals surface area contributed by atoms with E-state index in [-0.39, 0.29) is 18.4 Å². The van der Waals surface area contributed by atoms with E-state index >= 15 is 0 Å². The number of benzene rings is 2. The van der Waals surface area contributed by atoms with Crippen molar-refractivity contribution in [3.8, 4) is 0 Å². The number of aromatic nitrogens is 1. The fraction of sp³-hybridized carbons (Fsp3) is 0.370. The van der Waals surface area contributed by atoms with Gasteiger partial charge in [-0.2, -0.15) is 13.2 Å². The predicted octanol–water partition coefficient (Wildman–Crippen LogP) is 4.30. The minimum Gasteiger partial charge on any atom is -0.475 e. The topological polar surface area (TPSA) is 106 Å². The molecule has 2 aromatic carbocycles. The van der Waals surface area contributed by atoms with Crippen molar-refractivity contribution in [2.75, 3.05) is 38.1 Å². The maximum Gasteiger partial charge on any atom is 0.490 e. The normalized spacial score (nSPS) is 14.4. The minimum absolute atomic E-state index is 0.000978. The van der Waals surface area contributed by atoms with Gasteiger partial charge in [0.2, 0.25) is 5.91 Å². The Bertz CT molecular complexity index is 1220. The van der Waals surface area contributed by atoms with E-state index in [1.54, 1.807) is 4.90 Å². The number of carbonyl (C=O) groups excluding carboxylic acids is 2. The van der Waals surface area contributed by atoms with Crippen molar-refractivity contribution in [3.63, 3.8) is 0 Å². The molecule has 0 bridgehead atoms. The molecule has 1 saturated heterocycles. The monoisotopic (exact) mass is 532 g/mol. The lowest BCUT2D eigenvalue weighted by Crippen LogP contribution is -2.41. The van der Waals surface area contributed by atoms with Crippen LogP contribution in [0.2, 0.25) is 0 Å². The molecule has 8 nitrogen and oxygen atoms in total. The smallest absolute Gasteiger partial charge is 0.475 e. The van der Waals surface area contributed by atoms with Gasteiger partial charge in [-0.15, -0.1) is 0 Å². The first-order valence-electron chi connectivity index (χ1n) is 12.2. The summed E-state index contributed by atoms with van der Waals surface area (Å²) in [5, 5.41) is 11.2. The summed E-state index contributed by atoms with van der Waals surface area (Å²) in [6.07, 6.45) is 0.123. The number of anilines is 1. The highest BCUT2D eigenvalue weighted by Gasteiger charge is 2.38. The van der Waals surface area contributed by atoms with Crippen LogP contribution in [0.5, 0.6) is 0 Å². The van der Waals surface area contributed by atoms with E-state index < -0.39 is 12.1 Å². The summed E-state index contributed by atoms with van der Waals surface area (Å²) < 4.78 is 31.7. The molecule has 0 unspecified atom stereocenters. The van der Waals surface area contributed by atoms with E-state index in [0.29, 0.717) is 23.7 Å². The van der Waals surface area contributed by atoms with Crippen molar-refractivity contribution in [1.29, 1.82) is 0 Å². The summed E-state index contributed by atoms with van der Waals surface area (Å²) in [7, 11) is 2.15. The van der Waals surface area contributed by atoms with Crippen LogP contribution in [0.25, 0.3) is 10.9 Å². The van der Waals surface area contributed by atoms with E-state index in [9.17, 15) is 22.8 Å². The number of halogens is 3. The van der Waals surface area contributed by atoms with Gasteiger partial charge in [0.05, 0.1) is 0 Å². The molecule has 3 N–H and O–H groups in total. The summed E-state index contributed by atoms with van der Waals surface area (Å²) in [6, 6.07) is 16.9. The molecule has 2 heterocycles. The molecule has 3 aromatic rings. The van der Waals surface area contributed by atoms with Crippen molar-refractivity contribution in [1.82, 2.24) is 15.2 Å². The number of nitrogens with one attached hydrogen (secondary N) is 2. The zero-order chi connectivity index (χ0) is 27.7. The molecule has 1 aromatic heterocycles. The van der Waals surface area contributed by atoms with Crippen LogP contribution in [-0.2, 0) is 9.59 Å². The molecule has 38 heavy (non-hydrogen) atoms. The second-order valence-electron chi connectivity index (χ2n) is 9.19. The molecule has 0 atom stereocenters. The first-order valence-corrected chi connectivity index (χ1v) is 12.2. The first kappa shape index (κ1) is 28.7. The van der Waals surface area contributed by atoms with Crippen LogP contribution < -0.4 is 10.2 Å². The van der Waals surface area contributed by atoms with Crippen LogP contribution in [0, 0.1) is 5.92 Å². The average Bonchev–Trinajstić information content (AvgIpc) is 3.36. The number of H-pyrrole nitrogens is 1. The van der Waals surface area contributed by atoms with Gasteiger partial charge in [-0.05, 0) is 81.0 Å². The van der Waals surface area contributed by atoms with Gasteiger partial charge in [-0.25, -0.2) is 4.79 Å². The lowest BCUT2D eigenvalue weighted by molar-refractivity contribution is -0.192. The minimum atomic E-state index is -5.08. The van der Waals surface area contributed by atoms with Gasteiger partial charge in [0, 0.05) is 29.5 Å². The molecule has 204 valence electrons.